The molecule has 1 N–H and O–H groups in total. The lowest BCUT2D eigenvalue weighted by Crippen LogP contribution is -2.52. The Hall–Kier alpha value is -1.46. The quantitative estimate of drug-likeness (QED) is 0.874. The first-order chi connectivity index (χ1) is 10.6. The van der Waals surface area contributed by atoms with Crippen molar-refractivity contribution in [1.82, 2.24) is 10.2 Å². The molecular weight excluding hydrogens is 283 g/mol. The average molecular weight is 308 g/mol. The maximum atomic E-state index is 12.9. The van der Waals surface area contributed by atoms with Crippen LogP contribution in [0.25, 0.3) is 0 Å². The highest BCUT2D eigenvalue weighted by Crippen LogP contribution is 2.09. The number of benzene rings is 1. The van der Waals surface area contributed by atoms with Gasteiger partial charge in [0.15, 0.2) is 0 Å². The molecule has 1 amide bonds. The Morgan fingerprint density at radius 3 is 2.55 bits per heavy atom. The molecule has 1 saturated heterocycles. The Bertz CT molecular complexity index is 472. The van der Waals surface area contributed by atoms with Crippen LogP contribution in [-0.4, -0.2) is 49.2 Å². The number of carbonyl (C=O) groups excluding carboxylic acids is 1. The van der Waals surface area contributed by atoms with Gasteiger partial charge in [-0.2, -0.15) is 0 Å². The minimum Gasteiger partial charge on any atom is -0.378 e. The Morgan fingerprint density at radius 2 is 1.95 bits per heavy atom. The first-order valence-electron chi connectivity index (χ1n) is 7.97. The molecular formula is C17H25FN2O2. The van der Waals surface area contributed by atoms with E-state index in [9.17, 15) is 9.18 Å². The molecule has 0 saturated carbocycles. The van der Waals surface area contributed by atoms with Gasteiger partial charge in [-0.1, -0.05) is 19.1 Å². The number of ether oxygens (including phenoxy) is 1. The van der Waals surface area contributed by atoms with E-state index in [-0.39, 0.29) is 23.8 Å². The molecule has 5 heteroatoms. The number of amides is 1. The molecule has 0 radical (unpaired) electrons. The number of nitrogens with zero attached hydrogens (tertiary/aromatic N) is 1. The first kappa shape index (κ1) is 16.9. The van der Waals surface area contributed by atoms with Crippen molar-refractivity contribution in [1.29, 1.82) is 0 Å². The van der Waals surface area contributed by atoms with Gasteiger partial charge in [0.2, 0.25) is 5.91 Å². The van der Waals surface area contributed by atoms with Crippen LogP contribution in [0.5, 0.6) is 0 Å². The van der Waals surface area contributed by atoms with Crippen molar-refractivity contribution in [2.75, 3.05) is 26.3 Å². The molecule has 2 atom stereocenters. The zero-order valence-electron chi connectivity index (χ0n) is 13.3. The topological polar surface area (TPSA) is 41.6 Å². The van der Waals surface area contributed by atoms with Gasteiger partial charge in [0.05, 0.1) is 19.3 Å². The summed E-state index contributed by atoms with van der Waals surface area (Å²) in [6.07, 6.45) is 1.52. The fraction of sp³-hybridized carbons (Fsp3) is 0.588. The Morgan fingerprint density at radius 1 is 1.32 bits per heavy atom. The molecule has 1 aromatic rings. The molecule has 1 fully saturated rings. The Kier molecular flexibility index (Phi) is 6.34. The van der Waals surface area contributed by atoms with Gasteiger partial charge in [0.1, 0.15) is 5.82 Å². The largest absolute Gasteiger partial charge is 0.378 e. The van der Waals surface area contributed by atoms with Crippen molar-refractivity contribution in [3.8, 4) is 0 Å². The second-order valence-corrected chi connectivity index (χ2v) is 5.80. The van der Waals surface area contributed by atoms with E-state index in [4.69, 9.17) is 4.74 Å². The second-order valence-electron chi connectivity index (χ2n) is 5.80. The van der Waals surface area contributed by atoms with Crippen LogP contribution in [0, 0.1) is 5.82 Å². The monoisotopic (exact) mass is 308 g/mol. The van der Waals surface area contributed by atoms with Gasteiger partial charge in [-0.05, 0) is 37.5 Å². The van der Waals surface area contributed by atoms with E-state index in [2.05, 4.69) is 12.2 Å². The van der Waals surface area contributed by atoms with Crippen molar-refractivity contribution in [2.45, 2.75) is 38.8 Å². The van der Waals surface area contributed by atoms with Crippen LogP contribution in [0.4, 0.5) is 4.39 Å². The highest BCUT2D eigenvalue weighted by atomic mass is 19.1. The van der Waals surface area contributed by atoms with Crippen LogP contribution in [0.2, 0.25) is 0 Å². The number of rotatable bonds is 6. The summed E-state index contributed by atoms with van der Waals surface area (Å²) < 4.78 is 18.2. The maximum Gasteiger partial charge on any atom is 0.239 e. The van der Waals surface area contributed by atoms with E-state index in [0.29, 0.717) is 26.3 Å². The molecule has 1 aliphatic rings. The Balaban J connectivity index is 1.88. The fourth-order valence-electron chi connectivity index (χ4n) is 2.74. The highest BCUT2D eigenvalue weighted by molar-refractivity contribution is 5.82. The summed E-state index contributed by atoms with van der Waals surface area (Å²) in [5, 5.41) is 3.40. The SMILES string of the molecule is CCC(NC(C)Cc1ccc(F)cc1)C(=O)N1CCOCC1. The molecule has 0 aliphatic carbocycles. The lowest BCUT2D eigenvalue weighted by Gasteiger charge is -2.31. The van der Waals surface area contributed by atoms with Crippen LogP contribution in [0.1, 0.15) is 25.8 Å². The molecule has 1 heterocycles. The van der Waals surface area contributed by atoms with Crippen molar-refractivity contribution < 1.29 is 13.9 Å². The van der Waals surface area contributed by atoms with E-state index in [0.717, 1.165) is 18.4 Å². The third kappa shape index (κ3) is 4.78. The van der Waals surface area contributed by atoms with Gasteiger partial charge in [-0.3, -0.25) is 4.79 Å². The van der Waals surface area contributed by atoms with E-state index in [1.54, 1.807) is 12.1 Å². The standard InChI is InChI=1S/C17H25FN2O2/c1-3-16(17(21)20-8-10-22-11-9-20)19-13(2)12-14-4-6-15(18)7-5-14/h4-7,13,16,19H,3,8-12H2,1-2H3. The molecule has 0 spiro atoms. The fourth-order valence-corrected chi connectivity index (χ4v) is 2.74. The number of hydrogen-bond donors (Lipinski definition) is 1. The summed E-state index contributed by atoms with van der Waals surface area (Å²) in [5.41, 5.74) is 1.06. The third-order valence-electron chi connectivity index (χ3n) is 3.97. The second kappa shape index (κ2) is 8.25. The van der Waals surface area contributed by atoms with Gasteiger partial charge in [0.25, 0.3) is 0 Å². The summed E-state index contributed by atoms with van der Waals surface area (Å²) in [7, 11) is 0. The van der Waals surface area contributed by atoms with Crippen molar-refractivity contribution in [3.63, 3.8) is 0 Å². The lowest BCUT2D eigenvalue weighted by atomic mass is 10.1. The summed E-state index contributed by atoms with van der Waals surface area (Å²) in [6.45, 7) is 6.65. The summed E-state index contributed by atoms with van der Waals surface area (Å²) in [6, 6.07) is 6.50. The predicted molar refractivity (Wildman–Crippen MR) is 84.2 cm³/mol. The summed E-state index contributed by atoms with van der Waals surface area (Å²) in [5.74, 6) is -0.0740. The number of halogens is 1. The number of hydrogen-bond acceptors (Lipinski definition) is 3. The van der Waals surface area contributed by atoms with E-state index < -0.39 is 0 Å². The van der Waals surface area contributed by atoms with Crippen LogP contribution in [-0.2, 0) is 16.0 Å². The third-order valence-corrected chi connectivity index (χ3v) is 3.97. The first-order valence-corrected chi connectivity index (χ1v) is 7.97. The van der Waals surface area contributed by atoms with Gasteiger partial charge >= 0.3 is 0 Å². The van der Waals surface area contributed by atoms with E-state index in [1.807, 2.05) is 11.8 Å². The number of morpholine rings is 1. The smallest absolute Gasteiger partial charge is 0.239 e. The minimum atomic E-state index is -0.224. The van der Waals surface area contributed by atoms with Gasteiger partial charge in [-0.25, -0.2) is 4.39 Å². The van der Waals surface area contributed by atoms with Crippen LogP contribution < -0.4 is 5.32 Å². The van der Waals surface area contributed by atoms with Crippen molar-refractivity contribution in [2.24, 2.45) is 0 Å². The normalized spacial score (nSPS) is 18.0. The zero-order chi connectivity index (χ0) is 15.9. The molecule has 122 valence electrons. The van der Waals surface area contributed by atoms with Crippen LogP contribution >= 0.6 is 0 Å². The van der Waals surface area contributed by atoms with Gasteiger partial charge in [-0.15, -0.1) is 0 Å². The molecule has 0 aromatic heterocycles. The average Bonchev–Trinajstić information content (AvgIpc) is 2.55. The Labute approximate surface area is 131 Å². The predicted octanol–water partition coefficient (Wildman–Crippen LogP) is 1.98. The van der Waals surface area contributed by atoms with Gasteiger partial charge < -0.3 is 15.0 Å². The van der Waals surface area contributed by atoms with E-state index in [1.165, 1.54) is 12.1 Å². The summed E-state index contributed by atoms with van der Waals surface area (Å²) in [4.78, 5) is 14.4. The molecule has 1 aromatic carbocycles. The molecule has 22 heavy (non-hydrogen) atoms. The zero-order valence-corrected chi connectivity index (χ0v) is 13.3. The highest BCUT2D eigenvalue weighted by Gasteiger charge is 2.25. The van der Waals surface area contributed by atoms with Crippen LogP contribution in [0.15, 0.2) is 24.3 Å². The lowest BCUT2D eigenvalue weighted by molar-refractivity contribution is -0.137. The van der Waals surface area contributed by atoms with Crippen molar-refractivity contribution >= 4 is 5.91 Å². The molecule has 0 bridgehead atoms. The molecule has 4 nitrogen and oxygen atoms in total. The van der Waals surface area contributed by atoms with Crippen LogP contribution in [0.3, 0.4) is 0 Å². The molecule has 2 rings (SSSR count). The number of carbonyl (C=O) groups is 1. The maximum absolute atomic E-state index is 12.9. The molecule has 2 unspecified atom stereocenters. The summed E-state index contributed by atoms with van der Waals surface area (Å²) >= 11 is 0. The van der Waals surface area contributed by atoms with Gasteiger partial charge in [0, 0.05) is 19.1 Å². The van der Waals surface area contributed by atoms with E-state index >= 15 is 0 Å². The van der Waals surface area contributed by atoms with Crippen molar-refractivity contribution in [3.05, 3.63) is 35.6 Å². The number of nitrogens with one attached hydrogen (secondary N) is 1. The molecule has 1 aliphatic heterocycles. The minimum absolute atomic E-state index is 0.150.